The molecule has 1 amide bonds. The van der Waals surface area contributed by atoms with Crippen LogP contribution in [0.1, 0.15) is 52.4 Å². The van der Waals surface area contributed by atoms with Crippen molar-refractivity contribution < 1.29 is 24.2 Å². The summed E-state index contributed by atoms with van der Waals surface area (Å²) in [5, 5.41) is 11.7. The number of epoxide rings is 1. The number of carboxylic acid groups (broad SMARTS) is 1. The molecule has 0 aromatic carbocycles. The third kappa shape index (κ3) is 6.11. The fourth-order valence-electron chi connectivity index (χ4n) is 3.25. The number of aliphatic carboxylic acids is 1. The number of amides is 1. The van der Waals surface area contributed by atoms with Crippen LogP contribution in [0.15, 0.2) is 0 Å². The molecular weight excluding hydrogens is 298 g/mol. The van der Waals surface area contributed by atoms with Gasteiger partial charge in [0.1, 0.15) is 0 Å². The largest absolute Gasteiger partial charge is 0.479 e. The van der Waals surface area contributed by atoms with Gasteiger partial charge in [-0.15, -0.1) is 0 Å². The number of carbonyl (C=O) groups excluding carboxylic acids is 1. The summed E-state index contributed by atoms with van der Waals surface area (Å²) in [6.07, 6.45) is 5.34. The van der Waals surface area contributed by atoms with Gasteiger partial charge >= 0.3 is 5.97 Å². The monoisotopic (exact) mass is 327 g/mol. The molecule has 23 heavy (non-hydrogen) atoms. The lowest BCUT2D eigenvalue weighted by Crippen LogP contribution is -2.42. The van der Waals surface area contributed by atoms with Crippen LogP contribution >= 0.6 is 0 Å². The number of carboxylic acids is 1. The second-order valence-electron chi connectivity index (χ2n) is 7.19. The number of hydrogen-bond acceptors (Lipinski definition) is 4. The van der Waals surface area contributed by atoms with Gasteiger partial charge in [0.05, 0.1) is 12.6 Å². The van der Waals surface area contributed by atoms with Gasteiger partial charge in [0.25, 0.3) is 5.91 Å². The first-order valence-corrected chi connectivity index (χ1v) is 8.73. The Morgan fingerprint density at radius 2 is 1.91 bits per heavy atom. The van der Waals surface area contributed by atoms with Gasteiger partial charge in [-0.2, -0.15) is 0 Å². The molecule has 0 radical (unpaired) electrons. The fraction of sp³-hybridized carbons (Fsp3) is 0.882. The molecule has 2 aliphatic rings. The van der Waals surface area contributed by atoms with Crippen molar-refractivity contribution in [3.8, 4) is 0 Å². The van der Waals surface area contributed by atoms with Crippen molar-refractivity contribution in [3.05, 3.63) is 0 Å². The molecular formula is C17H29NO5. The molecule has 6 heteroatoms. The van der Waals surface area contributed by atoms with Crippen molar-refractivity contribution in [2.75, 3.05) is 13.2 Å². The van der Waals surface area contributed by atoms with Gasteiger partial charge in [0.15, 0.2) is 12.2 Å². The predicted molar refractivity (Wildman–Crippen MR) is 85.1 cm³/mol. The van der Waals surface area contributed by atoms with E-state index in [4.69, 9.17) is 14.6 Å². The van der Waals surface area contributed by atoms with Crippen LogP contribution in [0.3, 0.4) is 0 Å². The molecule has 2 rings (SSSR count). The van der Waals surface area contributed by atoms with Crippen LogP contribution in [0.4, 0.5) is 0 Å². The van der Waals surface area contributed by atoms with E-state index in [2.05, 4.69) is 19.2 Å². The van der Waals surface area contributed by atoms with E-state index in [1.807, 2.05) is 0 Å². The van der Waals surface area contributed by atoms with Crippen LogP contribution in [0, 0.1) is 11.8 Å². The lowest BCUT2D eigenvalue weighted by Gasteiger charge is -2.24. The van der Waals surface area contributed by atoms with Gasteiger partial charge in [-0.3, -0.25) is 4.79 Å². The first-order chi connectivity index (χ1) is 11.0. The standard InChI is InChI=1S/C17H29NO5/c1-11(2)8-13(10-22-9-12-6-4-3-5-7-12)18-16(19)14-15(23-14)17(20)21/h11-15H,3-10H2,1-2H3,(H,18,19)(H,20,21)/t13-,14-,15-/m0/s1. The molecule has 6 nitrogen and oxygen atoms in total. The number of hydrogen-bond donors (Lipinski definition) is 2. The highest BCUT2D eigenvalue weighted by molar-refractivity contribution is 5.92. The van der Waals surface area contributed by atoms with Crippen molar-refractivity contribution in [1.82, 2.24) is 5.32 Å². The van der Waals surface area contributed by atoms with Crippen LogP contribution in [0.2, 0.25) is 0 Å². The summed E-state index contributed by atoms with van der Waals surface area (Å²) >= 11 is 0. The molecule has 3 atom stereocenters. The smallest absolute Gasteiger partial charge is 0.336 e. The highest BCUT2D eigenvalue weighted by Crippen LogP contribution is 2.24. The SMILES string of the molecule is CC(C)C[C@@H](COCC1CCCCC1)NC(=O)[C@H]1O[C@@H]1C(=O)O. The minimum atomic E-state index is -1.08. The lowest BCUT2D eigenvalue weighted by atomic mass is 9.90. The van der Waals surface area contributed by atoms with E-state index >= 15 is 0 Å². The van der Waals surface area contributed by atoms with E-state index in [0.29, 0.717) is 18.4 Å². The second kappa shape index (κ2) is 8.64. The molecule has 0 aromatic rings. The number of rotatable bonds is 9. The molecule has 1 heterocycles. The van der Waals surface area contributed by atoms with Crippen LogP contribution in [-0.4, -0.2) is 48.4 Å². The predicted octanol–water partition coefficient (Wildman–Crippen LogP) is 1.97. The van der Waals surface area contributed by atoms with Gasteiger partial charge in [-0.05, 0) is 31.1 Å². The molecule has 1 saturated carbocycles. The van der Waals surface area contributed by atoms with E-state index < -0.39 is 18.2 Å². The van der Waals surface area contributed by atoms with Crippen molar-refractivity contribution in [3.63, 3.8) is 0 Å². The summed E-state index contributed by atoms with van der Waals surface area (Å²) in [7, 11) is 0. The van der Waals surface area contributed by atoms with E-state index in [1.165, 1.54) is 32.1 Å². The molecule has 2 fully saturated rings. The Morgan fingerprint density at radius 3 is 2.48 bits per heavy atom. The first-order valence-electron chi connectivity index (χ1n) is 8.73. The number of carbonyl (C=O) groups is 2. The van der Waals surface area contributed by atoms with E-state index in [0.717, 1.165) is 13.0 Å². The minimum Gasteiger partial charge on any atom is -0.479 e. The van der Waals surface area contributed by atoms with E-state index in [-0.39, 0.29) is 11.9 Å². The molecule has 0 aromatic heterocycles. The molecule has 1 aliphatic carbocycles. The molecule has 1 saturated heterocycles. The van der Waals surface area contributed by atoms with E-state index in [1.54, 1.807) is 0 Å². The third-order valence-corrected chi connectivity index (χ3v) is 4.49. The molecule has 0 spiro atoms. The maximum atomic E-state index is 12.0. The van der Waals surface area contributed by atoms with Crippen LogP contribution in [0.5, 0.6) is 0 Å². The summed E-state index contributed by atoms with van der Waals surface area (Å²) in [4.78, 5) is 22.8. The summed E-state index contributed by atoms with van der Waals surface area (Å²) in [6.45, 7) is 5.41. The Bertz CT molecular complexity index is 406. The van der Waals surface area contributed by atoms with E-state index in [9.17, 15) is 9.59 Å². The van der Waals surface area contributed by atoms with Crippen molar-refractivity contribution >= 4 is 11.9 Å². The van der Waals surface area contributed by atoms with Crippen molar-refractivity contribution in [2.45, 2.75) is 70.6 Å². The van der Waals surface area contributed by atoms with Crippen LogP contribution in [-0.2, 0) is 19.1 Å². The minimum absolute atomic E-state index is 0.0928. The zero-order chi connectivity index (χ0) is 16.8. The Hall–Kier alpha value is -1.14. The summed E-state index contributed by atoms with van der Waals surface area (Å²) < 4.78 is 10.7. The molecule has 132 valence electrons. The van der Waals surface area contributed by atoms with Gasteiger partial charge in [0, 0.05) is 6.61 Å². The van der Waals surface area contributed by atoms with Crippen LogP contribution in [0.25, 0.3) is 0 Å². The number of nitrogens with one attached hydrogen (secondary N) is 1. The highest BCUT2D eigenvalue weighted by atomic mass is 16.6. The van der Waals surface area contributed by atoms with Gasteiger partial charge in [0.2, 0.25) is 0 Å². The third-order valence-electron chi connectivity index (χ3n) is 4.49. The summed E-state index contributed by atoms with van der Waals surface area (Å²) in [6, 6.07) is -0.0928. The van der Waals surface area contributed by atoms with Gasteiger partial charge in [-0.1, -0.05) is 33.1 Å². The molecule has 0 bridgehead atoms. The Balaban J connectivity index is 1.72. The highest BCUT2D eigenvalue weighted by Gasteiger charge is 2.51. The topological polar surface area (TPSA) is 88.2 Å². The summed E-state index contributed by atoms with van der Waals surface area (Å²) in [5.74, 6) is -0.361. The maximum absolute atomic E-state index is 12.0. The second-order valence-corrected chi connectivity index (χ2v) is 7.19. The van der Waals surface area contributed by atoms with Gasteiger partial charge < -0.3 is 19.9 Å². The van der Waals surface area contributed by atoms with Crippen molar-refractivity contribution in [2.24, 2.45) is 11.8 Å². The first kappa shape index (κ1) is 18.2. The molecule has 2 N–H and O–H groups in total. The zero-order valence-corrected chi connectivity index (χ0v) is 14.1. The summed E-state index contributed by atoms with van der Waals surface area (Å²) in [5.41, 5.74) is 0. The lowest BCUT2D eigenvalue weighted by molar-refractivity contribution is -0.138. The average molecular weight is 327 g/mol. The zero-order valence-electron chi connectivity index (χ0n) is 14.1. The molecule has 0 unspecified atom stereocenters. The maximum Gasteiger partial charge on any atom is 0.336 e. The Kier molecular flexibility index (Phi) is 6.84. The number of ether oxygens (including phenoxy) is 2. The Morgan fingerprint density at radius 1 is 1.22 bits per heavy atom. The normalized spacial score (nSPS) is 26.0. The van der Waals surface area contributed by atoms with Crippen LogP contribution < -0.4 is 5.32 Å². The fourth-order valence-corrected chi connectivity index (χ4v) is 3.25. The average Bonchev–Trinajstić information content (AvgIpc) is 3.28. The Labute approximate surface area is 137 Å². The molecule has 1 aliphatic heterocycles. The van der Waals surface area contributed by atoms with Gasteiger partial charge in [-0.25, -0.2) is 4.79 Å². The van der Waals surface area contributed by atoms with Crippen molar-refractivity contribution in [1.29, 1.82) is 0 Å². The quantitative estimate of drug-likeness (QED) is 0.632.